The average Bonchev–Trinajstić information content (AvgIpc) is 2.84. The predicted octanol–water partition coefficient (Wildman–Crippen LogP) is 3.91. The van der Waals surface area contributed by atoms with Gasteiger partial charge in [0, 0.05) is 10.5 Å². The molecule has 0 aromatic heterocycles. The Bertz CT molecular complexity index is 173. The summed E-state index contributed by atoms with van der Waals surface area (Å²) in [5.74, 6) is 2.14. The highest BCUT2D eigenvalue weighted by Crippen LogP contribution is 2.63. The van der Waals surface area contributed by atoms with Crippen molar-refractivity contribution in [1.82, 2.24) is 0 Å². The maximum atomic E-state index is 2.46. The van der Waals surface area contributed by atoms with E-state index in [2.05, 4.69) is 45.0 Å². The molecule has 1 unspecified atom stereocenters. The van der Waals surface area contributed by atoms with Crippen molar-refractivity contribution >= 4 is 23.5 Å². The van der Waals surface area contributed by atoms with Crippen molar-refractivity contribution in [2.75, 3.05) is 18.3 Å². The van der Waals surface area contributed by atoms with Crippen molar-refractivity contribution in [3.63, 3.8) is 0 Å². The van der Waals surface area contributed by atoms with Gasteiger partial charge >= 0.3 is 0 Å². The maximum Gasteiger partial charge on any atom is 0.0277 e. The summed E-state index contributed by atoms with van der Waals surface area (Å²) >= 11 is 4.07. The Hall–Kier alpha value is 0.700. The Balaban J connectivity index is 2.75. The molecule has 78 valence electrons. The van der Waals surface area contributed by atoms with Crippen LogP contribution in [0.15, 0.2) is 0 Å². The van der Waals surface area contributed by atoms with Crippen molar-refractivity contribution in [3.8, 4) is 0 Å². The third kappa shape index (κ3) is 1.90. The standard InChI is InChI=1S/C11H22S2/c1-9(2)11(6-7-11)10(3,13-5)8-12-4/h9H,6-8H2,1-5H3. The van der Waals surface area contributed by atoms with Crippen LogP contribution in [0.5, 0.6) is 0 Å². The zero-order chi connectivity index (χ0) is 10.1. The number of thioether (sulfide) groups is 2. The van der Waals surface area contributed by atoms with E-state index in [9.17, 15) is 0 Å². The van der Waals surface area contributed by atoms with Gasteiger partial charge in [0.15, 0.2) is 0 Å². The highest BCUT2D eigenvalue weighted by Gasteiger charge is 2.57. The molecule has 0 saturated heterocycles. The summed E-state index contributed by atoms with van der Waals surface area (Å²) in [5, 5.41) is 0. The fourth-order valence-corrected chi connectivity index (χ4v) is 5.04. The van der Waals surface area contributed by atoms with E-state index < -0.39 is 0 Å². The van der Waals surface area contributed by atoms with Crippen LogP contribution < -0.4 is 0 Å². The van der Waals surface area contributed by atoms with Crippen LogP contribution in [0.25, 0.3) is 0 Å². The summed E-state index contributed by atoms with van der Waals surface area (Å²) in [5.41, 5.74) is 0.648. The highest BCUT2D eigenvalue weighted by molar-refractivity contribution is 8.03. The zero-order valence-electron chi connectivity index (χ0n) is 9.52. The van der Waals surface area contributed by atoms with Gasteiger partial charge in [-0.2, -0.15) is 23.5 Å². The molecule has 1 saturated carbocycles. The minimum Gasteiger partial charge on any atom is -0.164 e. The SMILES string of the molecule is CSCC(C)(SC)C1(C(C)C)CC1. The lowest BCUT2D eigenvalue weighted by Gasteiger charge is -2.39. The fourth-order valence-electron chi connectivity index (χ4n) is 2.53. The third-order valence-electron chi connectivity index (χ3n) is 3.82. The molecule has 0 heterocycles. The van der Waals surface area contributed by atoms with E-state index in [0.29, 0.717) is 10.2 Å². The van der Waals surface area contributed by atoms with Gasteiger partial charge in [0.2, 0.25) is 0 Å². The molecule has 13 heavy (non-hydrogen) atoms. The Morgan fingerprint density at radius 3 is 2.08 bits per heavy atom. The molecular weight excluding hydrogens is 196 g/mol. The van der Waals surface area contributed by atoms with E-state index in [1.54, 1.807) is 0 Å². The second-order valence-corrected chi connectivity index (χ2v) is 6.85. The van der Waals surface area contributed by atoms with Crippen molar-refractivity contribution < 1.29 is 0 Å². The molecule has 0 bridgehead atoms. The van der Waals surface area contributed by atoms with E-state index in [4.69, 9.17) is 0 Å². The normalized spacial score (nSPS) is 24.5. The van der Waals surface area contributed by atoms with Crippen LogP contribution in [-0.4, -0.2) is 23.0 Å². The average molecular weight is 218 g/mol. The Morgan fingerprint density at radius 1 is 1.31 bits per heavy atom. The lowest BCUT2D eigenvalue weighted by Crippen LogP contribution is -2.38. The summed E-state index contributed by atoms with van der Waals surface area (Å²) in [6.45, 7) is 7.24. The summed E-state index contributed by atoms with van der Waals surface area (Å²) in [4.78, 5) is 0. The molecule has 0 aromatic rings. The third-order valence-corrected chi connectivity index (χ3v) is 6.32. The molecule has 0 amide bonds. The minimum atomic E-state index is 0.501. The van der Waals surface area contributed by atoms with Gasteiger partial charge in [0.05, 0.1) is 0 Å². The molecule has 1 fully saturated rings. The van der Waals surface area contributed by atoms with Crippen molar-refractivity contribution in [1.29, 1.82) is 0 Å². The molecule has 1 rings (SSSR count). The molecule has 0 N–H and O–H groups in total. The van der Waals surface area contributed by atoms with E-state index in [1.807, 2.05) is 11.8 Å². The van der Waals surface area contributed by atoms with Crippen LogP contribution in [0.1, 0.15) is 33.6 Å². The van der Waals surface area contributed by atoms with E-state index in [0.717, 1.165) is 5.92 Å². The van der Waals surface area contributed by atoms with E-state index in [-0.39, 0.29) is 0 Å². The van der Waals surface area contributed by atoms with Crippen molar-refractivity contribution in [2.24, 2.45) is 11.3 Å². The molecule has 0 spiro atoms. The number of hydrogen-bond acceptors (Lipinski definition) is 2. The summed E-state index contributed by atoms with van der Waals surface area (Å²) in [6.07, 6.45) is 7.40. The molecule has 2 heteroatoms. The van der Waals surface area contributed by atoms with Gasteiger partial charge in [-0.3, -0.25) is 0 Å². The van der Waals surface area contributed by atoms with Crippen molar-refractivity contribution in [2.45, 2.75) is 38.4 Å². The van der Waals surface area contributed by atoms with Crippen LogP contribution in [-0.2, 0) is 0 Å². The van der Waals surface area contributed by atoms with Gasteiger partial charge in [0.25, 0.3) is 0 Å². The Kier molecular flexibility index (Phi) is 3.67. The lowest BCUT2D eigenvalue weighted by atomic mass is 9.81. The largest absolute Gasteiger partial charge is 0.164 e. The first kappa shape index (κ1) is 11.8. The monoisotopic (exact) mass is 218 g/mol. The van der Waals surface area contributed by atoms with Crippen molar-refractivity contribution in [3.05, 3.63) is 0 Å². The molecule has 1 aliphatic carbocycles. The molecule has 0 aliphatic heterocycles. The quantitative estimate of drug-likeness (QED) is 0.686. The molecule has 0 aromatic carbocycles. The molecular formula is C11H22S2. The maximum absolute atomic E-state index is 2.46. The lowest BCUT2D eigenvalue weighted by molar-refractivity contribution is 0.293. The van der Waals surface area contributed by atoms with Gasteiger partial charge in [0.1, 0.15) is 0 Å². The minimum absolute atomic E-state index is 0.501. The molecule has 1 aliphatic rings. The first-order chi connectivity index (χ1) is 6.02. The summed E-state index contributed by atoms with van der Waals surface area (Å²) in [7, 11) is 0. The van der Waals surface area contributed by atoms with Gasteiger partial charge in [-0.15, -0.1) is 0 Å². The van der Waals surface area contributed by atoms with Gasteiger partial charge in [-0.1, -0.05) is 13.8 Å². The molecule has 0 radical (unpaired) electrons. The summed E-state index contributed by atoms with van der Waals surface area (Å²) in [6, 6.07) is 0. The van der Waals surface area contributed by atoms with Gasteiger partial charge < -0.3 is 0 Å². The van der Waals surface area contributed by atoms with Crippen LogP contribution in [0, 0.1) is 11.3 Å². The van der Waals surface area contributed by atoms with Gasteiger partial charge in [-0.05, 0) is 43.6 Å². The van der Waals surface area contributed by atoms with Crippen LogP contribution >= 0.6 is 23.5 Å². The van der Waals surface area contributed by atoms with Gasteiger partial charge in [-0.25, -0.2) is 0 Å². The second kappa shape index (κ2) is 4.06. The van der Waals surface area contributed by atoms with Crippen LogP contribution in [0.3, 0.4) is 0 Å². The summed E-state index contributed by atoms with van der Waals surface area (Å²) < 4.78 is 0.501. The highest BCUT2D eigenvalue weighted by atomic mass is 32.2. The second-order valence-electron chi connectivity index (χ2n) is 4.68. The molecule has 1 atom stereocenters. The van der Waals surface area contributed by atoms with E-state index in [1.165, 1.54) is 18.6 Å². The molecule has 0 nitrogen and oxygen atoms in total. The van der Waals surface area contributed by atoms with Crippen LogP contribution in [0.2, 0.25) is 0 Å². The Morgan fingerprint density at radius 2 is 1.85 bits per heavy atom. The first-order valence-electron chi connectivity index (χ1n) is 5.06. The number of hydrogen-bond donors (Lipinski definition) is 0. The first-order valence-corrected chi connectivity index (χ1v) is 7.68. The van der Waals surface area contributed by atoms with Crippen LogP contribution in [0.4, 0.5) is 0 Å². The smallest absolute Gasteiger partial charge is 0.0277 e. The zero-order valence-corrected chi connectivity index (χ0v) is 11.1. The predicted molar refractivity (Wildman–Crippen MR) is 66.8 cm³/mol. The van der Waals surface area contributed by atoms with E-state index >= 15 is 0 Å². The fraction of sp³-hybridized carbons (Fsp3) is 1.00. The topological polar surface area (TPSA) is 0 Å². The Labute approximate surface area is 91.6 Å². The number of rotatable bonds is 5.